The first-order valence-electron chi connectivity index (χ1n) is 14.2. The van der Waals surface area contributed by atoms with Crippen molar-refractivity contribution in [2.75, 3.05) is 0 Å². The van der Waals surface area contributed by atoms with Gasteiger partial charge in [0.25, 0.3) is 0 Å². The normalized spacial score (nSPS) is 21.7. The molecule has 0 aliphatic heterocycles. The molecule has 0 N–H and O–H groups in total. The minimum atomic E-state index is -3.96. The number of carbonyl (C=O) groups excluding carboxylic acids is 1. The van der Waals surface area contributed by atoms with Crippen LogP contribution in [0.25, 0.3) is 11.8 Å². The van der Waals surface area contributed by atoms with Crippen LogP contribution in [0.1, 0.15) is 53.8 Å². The van der Waals surface area contributed by atoms with E-state index in [4.69, 9.17) is 11.6 Å². The van der Waals surface area contributed by atoms with Crippen LogP contribution >= 0.6 is 11.6 Å². The van der Waals surface area contributed by atoms with Crippen molar-refractivity contribution in [3.8, 4) is 5.69 Å². The van der Waals surface area contributed by atoms with E-state index in [2.05, 4.69) is 10.1 Å². The van der Waals surface area contributed by atoms with E-state index >= 15 is 0 Å². The number of fused-ring (bicyclic) bond motifs is 2. The smallest absolute Gasteiger partial charge is 0.243 e. The highest BCUT2D eigenvalue weighted by molar-refractivity contribution is 7.89. The summed E-state index contributed by atoms with van der Waals surface area (Å²) in [6.45, 7) is 0. The first kappa shape index (κ1) is 28.1. The van der Waals surface area contributed by atoms with Gasteiger partial charge in [-0.15, -0.1) is 0 Å². The lowest BCUT2D eigenvalue weighted by molar-refractivity contribution is 0.0733. The quantitative estimate of drug-likeness (QED) is 0.223. The number of Topliss-reactive ketones (excluding diaryl/α,β-unsaturated/α-hetero) is 1. The molecule has 43 heavy (non-hydrogen) atoms. The molecule has 2 aromatic heterocycles. The number of aromatic nitrogens is 3. The largest absolute Gasteiger partial charge is 0.291 e. The van der Waals surface area contributed by atoms with Crippen LogP contribution in [0.15, 0.2) is 83.5 Å². The van der Waals surface area contributed by atoms with Gasteiger partial charge in [-0.3, -0.25) is 9.78 Å². The summed E-state index contributed by atoms with van der Waals surface area (Å²) in [6.07, 6.45) is 8.18. The van der Waals surface area contributed by atoms with Gasteiger partial charge < -0.3 is 0 Å². The fraction of sp³-hybridized carbons (Fsp3) is 0.281. The number of sulfonamides is 1. The third kappa shape index (κ3) is 4.91. The van der Waals surface area contributed by atoms with Gasteiger partial charge in [0.05, 0.1) is 27.9 Å². The Morgan fingerprint density at radius 3 is 2.35 bits per heavy atom. The molecule has 7 rings (SSSR count). The molecule has 0 saturated heterocycles. The van der Waals surface area contributed by atoms with Crippen molar-refractivity contribution in [1.29, 1.82) is 0 Å². The summed E-state index contributed by atoms with van der Waals surface area (Å²) >= 11 is 6.27. The predicted octanol–water partition coefficient (Wildman–Crippen LogP) is 6.41. The van der Waals surface area contributed by atoms with Crippen LogP contribution in [-0.4, -0.2) is 45.4 Å². The average Bonchev–Trinajstić information content (AvgIpc) is 3.74. The van der Waals surface area contributed by atoms with Crippen molar-refractivity contribution in [1.82, 2.24) is 19.1 Å². The molecule has 0 bridgehead atoms. The summed E-state index contributed by atoms with van der Waals surface area (Å²) in [7, 11) is -3.96. The Hall–Kier alpha value is -3.73. The van der Waals surface area contributed by atoms with Gasteiger partial charge in [0.2, 0.25) is 10.0 Å². The SMILES string of the molecule is O=C(c1cc(Cl)ccn1)[C@]12Cc3cnn(-c4ccc(F)cc4)c3C=C1CC[C@H](N(C1CC1)S(=O)(=O)c1ccc(F)cc1)C2. The van der Waals surface area contributed by atoms with Gasteiger partial charge in [-0.1, -0.05) is 17.2 Å². The van der Waals surface area contributed by atoms with E-state index in [1.807, 2.05) is 6.08 Å². The monoisotopic (exact) mass is 620 g/mol. The van der Waals surface area contributed by atoms with E-state index in [1.165, 1.54) is 30.5 Å². The van der Waals surface area contributed by atoms with Crippen LogP contribution in [0.5, 0.6) is 0 Å². The van der Waals surface area contributed by atoms with E-state index in [0.29, 0.717) is 30.0 Å². The summed E-state index contributed by atoms with van der Waals surface area (Å²) in [5.41, 5.74) is 2.34. The van der Waals surface area contributed by atoms with Gasteiger partial charge in [0.15, 0.2) is 5.78 Å². The van der Waals surface area contributed by atoms with Crippen LogP contribution in [0.3, 0.4) is 0 Å². The zero-order valence-electron chi connectivity index (χ0n) is 23.0. The Morgan fingerprint density at radius 1 is 0.977 bits per heavy atom. The molecule has 11 heteroatoms. The molecular formula is C32H27ClF2N4O3S. The van der Waals surface area contributed by atoms with Gasteiger partial charge in [0.1, 0.15) is 17.3 Å². The van der Waals surface area contributed by atoms with Crippen molar-refractivity contribution in [3.05, 3.63) is 112 Å². The molecule has 2 atom stereocenters. The maximum Gasteiger partial charge on any atom is 0.243 e. The zero-order valence-corrected chi connectivity index (χ0v) is 24.5. The van der Waals surface area contributed by atoms with Crippen LogP contribution < -0.4 is 0 Å². The number of halogens is 3. The number of hydrogen-bond donors (Lipinski definition) is 0. The number of ketones is 1. The first-order chi connectivity index (χ1) is 20.7. The summed E-state index contributed by atoms with van der Waals surface area (Å²) in [4.78, 5) is 18.9. The predicted molar refractivity (Wildman–Crippen MR) is 157 cm³/mol. The second kappa shape index (κ2) is 10.5. The molecule has 3 aliphatic carbocycles. The molecule has 4 aromatic rings. The van der Waals surface area contributed by atoms with E-state index in [-0.39, 0.29) is 34.7 Å². The average molecular weight is 621 g/mol. The van der Waals surface area contributed by atoms with Gasteiger partial charge in [-0.05, 0) is 111 Å². The molecule has 2 aromatic carbocycles. The van der Waals surface area contributed by atoms with Gasteiger partial charge >= 0.3 is 0 Å². The molecule has 2 fully saturated rings. The van der Waals surface area contributed by atoms with Crippen LogP contribution in [0, 0.1) is 17.0 Å². The second-order valence-corrected chi connectivity index (χ2v) is 13.8. The van der Waals surface area contributed by atoms with Crippen molar-refractivity contribution < 1.29 is 22.0 Å². The Morgan fingerprint density at radius 2 is 1.67 bits per heavy atom. The Balaban J connectivity index is 1.32. The molecule has 0 spiro atoms. The maximum atomic E-state index is 14.5. The van der Waals surface area contributed by atoms with Crippen LogP contribution in [-0.2, 0) is 16.4 Å². The molecule has 0 amide bonds. The Bertz CT molecular complexity index is 1870. The Kier molecular flexibility index (Phi) is 6.83. The number of carbonyl (C=O) groups is 1. The lowest BCUT2D eigenvalue weighted by Crippen LogP contribution is -2.51. The summed E-state index contributed by atoms with van der Waals surface area (Å²) in [5.74, 6) is -1.08. The fourth-order valence-corrected chi connectivity index (χ4v) is 8.67. The second-order valence-electron chi connectivity index (χ2n) is 11.5. The minimum absolute atomic E-state index is 0.0329. The fourth-order valence-electron chi connectivity index (χ4n) is 6.61. The summed E-state index contributed by atoms with van der Waals surface area (Å²) in [6, 6.07) is 13.4. The van der Waals surface area contributed by atoms with E-state index < -0.39 is 27.3 Å². The minimum Gasteiger partial charge on any atom is -0.291 e. The van der Waals surface area contributed by atoms with Crippen LogP contribution in [0.4, 0.5) is 8.78 Å². The first-order valence-corrected chi connectivity index (χ1v) is 16.0. The van der Waals surface area contributed by atoms with Gasteiger partial charge in [0, 0.05) is 23.3 Å². The van der Waals surface area contributed by atoms with Crippen LogP contribution in [0.2, 0.25) is 5.02 Å². The van der Waals surface area contributed by atoms with Crippen molar-refractivity contribution in [3.63, 3.8) is 0 Å². The summed E-state index contributed by atoms with van der Waals surface area (Å²) in [5, 5.41) is 4.96. The number of hydrogen-bond acceptors (Lipinski definition) is 5. The van der Waals surface area contributed by atoms with Gasteiger partial charge in [-0.2, -0.15) is 9.40 Å². The molecule has 2 saturated carbocycles. The summed E-state index contributed by atoms with van der Waals surface area (Å²) < 4.78 is 58.6. The topological polar surface area (TPSA) is 85.2 Å². The van der Waals surface area contributed by atoms with E-state index in [0.717, 1.165) is 41.8 Å². The van der Waals surface area contributed by atoms with Crippen molar-refractivity contribution in [2.24, 2.45) is 5.41 Å². The highest BCUT2D eigenvalue weighted by Crippen LogP contribution is 2.52. The number of benzene rings is 2. The number of nitrogens with zero attached hydrogens (tertiary/aromatic N) is 4. The number of allylic oxidation sites excluding steroid dienone is 1. The number of pyridine rings is 1. The molecule has 2 heterocycles. The standard InChI is InChI=1S/C32H27ClF2N4O3S/c33-22-13-14-36-29(16-22)31(40)32-17-20-19-37-38(25-7-2-23(34)3-8-25)30(20)15-21(32)1-6-27(18-32)39(26-9-10-26)43(41,42)28-11-4-24(35)5-12-28/h2-5,7-8,11-16,19,26-27H,1,6,9-10,17-18H2/t27-,32-/m0/s1. The highest BCUT2D eigenvalue weighted by atomic mass is 35.5. The molecule has 0 unspecified atom stereocenters. The molecule has 220 valence electrons. The van der Waals surface area contributed by atoms with E-state index in [9.17, 15) is 22.0 Å². The molecule has 7 nitrogen and oxygen atoms in total. The van der Waals surface area contributed by atoms with Crippen molar-refractivity contribution in [2.45, 2.75) is 55.5 Å². The molecular weight excluding hydrogens is 594 g/mol. The molecule has 3 aliphatic rings. The zero-order chi connectivity index (χ0) is 29.9. The highest BCUT2D eigenvalue weighted by Gasteiger charge is 2.53. The van der Waals surface area contributed by atoms with E-state index in [1.54, 1.807) is 39.4 Å². The maximum absolute atomic E-state index is 14.5. The third-order valence-electron chi connectivity index (χ3n) is 8.75. The van der Waals surface area contributed by atoms with Crippen molar-refractivity contribution >= 4 is 33.5 Å². The molecule has 0 radical (unpaired) electrons. The lowest BCUT2D eigenvalue weighted by atomic mass is 9.60. The third-order valence-corrected chi connectivity index (χ3v) is 11.0. The Labute approximate surface area is 252 Å². The number of rotatable bonds is 7. The lowest BCUT2D eigenvalue weighted by Gasteiger charge is -2.46. The van der Waals surface area contributed by atoms with Gasteiger partial charge in [-0.25, -0.2) is 21.9 Å².